The highest BCUT2D eigenvalue weighted by Crippen LogP contribution is 2.43. The van der Waals surface area contributed by atoms with Crippen molar-refractivity contribution < 1.29 is 8.83 Å². The van der Waals surface area contributed by atoms with E-state index >= 15 is 0 Å². The lowest BCUT2D eigenvalue weighted by Gasteiger charge is -2.26. The summed E-state index contributed by atoms with van der Waals surface area (Å²) in [5, 5.41) is 7.81. The van der Waals surface area contributed by atoms with Gasteiger partial charge < -0.3 is 24.0 Å². The Kier molecular flexibility index (Phi) is 6.14. The number of anilines is 4. The average molecular weight is 647 g/mol. The first kappa shape index (κ1) is 28.2. The lowest BCUT2D eigenvalue weighted by molar-refractivity contribution is 0.636. The molecule has 6 aromatic carbocycles. The Morgan fingerprint density at radius 3 is 2.22 bits per heavy atom. The maximum absolute atomic E-state index is 6.34. The van der Waals surface area contributed by atoms with Gasteiger partial charge >= 0.3 is 0 Å². The molecule has 238 valence electrons. The molecule has 4 heterocycles. The van der Waals surface area contributed by atoms with E-state index < -0.39 is 0 Å². The molecule has 0 atom stereocenters. The highest BCUT2D eigenvalue weighted by atomic mass is 16.3. The number of hydrogen-bond acceptors (Lipinski definition) is 5. The van der Waals surface area contributed by atoms with E-state index in [1.165, 1.54) is 27.1 Å². The number of allylic oxidation sites excluding steroid dienone is 1. The summed E-state index contributed by atoms with van der Waals surface area (Å²) in [6.45, 7) is 1.98. The van der Waals surface area contributed by atoms with Gasteiger partial charge in [-0.2, -0.15) is 0 Å². The molecule has 0 saturated carbocycles. The Morgan fingerprint density at radius 1 is 0.620 bits per heavy atom. The fourth-order valence-corrected chi connectivity index (χ4v) is 7.56. The molecular formula is C44H30N4O2. The van der Waals surface area contributed by atoms with Gasteiger partial charge in [-0.25, -0.2) is 4.98 Å². The molecule has 50 heavy (non-hydrogen) atoms. The standard InChI is InChI=1S/C44H30N4O2/c1-2-9-35-37-25-30(18-21-40(37)49-43(35)45)47(31-19-22-41-38(26-31)36-15-8-23-46-44(36)50-41)28-11-7-12-29(24-28)48-39-16-6-5-14-33(39)34-20-17-27-10-3-4-13-32(27)42(34)48/h2-26H,45H2,1H3/b9-2-. The first-order valence-corrected chi connectivity index (χ1v) is 16.7. The second-order valence-corrected chi connectivity index (χ2v) is 12.6. The largest absolute Gasteiger partial charge is 0.440 e. The number of furan rings is 2. The molecule has 0 radical (unpaired) electrons. The van der Waals surface area contributed by atoms with E-state index in [0.717, 1.165) is 61.2 Å². The highest BCUT2D eigenvalue weighted by Gasteiger charge is 2.20. The van der Waals surface area contributed by atoms with Crippen LogP contribution in [0.1, 0.15) is 12.5 Å². The molecule has 0 aliphatic heterocycles. The quantitative estimate of drug-likeness (QED) is 0.201. The minimum absolute atomic E-state index is 0.404. The molecule has 6 heteroatoms. The summed E-state index contributed by atoms with van der Waals surface area (Å²) in [5.74, 6) is 0.404. The number of fused-ring (bicyclic) bond motifs is 9. The van der Waals surface area contributed by atoms with E-state index in [2.05, 4.69) is 130 Å². The molecule has 10 aromatic rings. The number of nitrogens with two attached hydrogens (primary N) is 1. The number of aromatic nitrogens is 2. The summed E-state index contributed by atoms with van der Waals surface area (Å²) in [6.07, 6.45) is 5.74. The van der Waals surface area contributed by atoms with Crippen molar-refractivity contribution in [1.82, 2.24) is 9.55 Å². The summed E-state index contributed by atoms with van der Waals surface area (Å²) >= 11 is 0. The van der Waals surface area contributed by atoms with Gasteiger partial charge in [-0.15, -0.1) is 0 Å². The van der Waals surface area contributed by atoms with Crippen molar-refractivity contribution in [2.45, 2.75) is 6.92 Å². The van der Waals surface area contributed by atoms with Crippen LogP contribution in [0.15, 0.2) is 155 Å². The minimum atomic E-state index is 0.404. The average Bonchev–Trinajstić information content (AvgIpc) is 3.81. The van der Waals surface area contributed by atoms with E-state index in [4.69, 9.17) is 14.6 Å². The molecule has 10 rings (SSSR count). The third kappa shape index (κ3) is 4.18. The van der Waals surface area contributed by atoms with Gasteiger partial charge in [-0.05, 0) is 85.1 Å². The van der Waals surface area contributed by atoms with Crippen LogP contribution < -0.4 is 10.6 Å². The predicted molar refractivity (Wildman–Crippen MR) is 207 cm³/mol. The number of pyridine rings is 1. The number of para-hydroxylation sites is 1. The zero-order chi connectivity index (χ0) is 33.3. The van der Waals surface area contributed by atoms with E-state index in [-0.39, 0.29) is 0 Å². The molecule has 0 aliphatic rings. The van der Waals surface area contributed by atoms with Crippen molar-refractivity contribution in [3.8, 4) is 5.69 Å². The van der Waals surface area contributed by atoms with Crippen LogP contribution >= 0.6 is 0 Å². The third-order valence-electron chi connectivity index (χ3n) is 9.72. The summed E-state index contributed by atoms with van der Waals surface area (Å²) in [5.41, 5.74) is 15.8. The second kappa shape index (κ2) is 10.9. The van der Waals surface area contributed by atoms with Gasteiger partial charge in [0.2, 0.25) is 5.71 Å². The number of nitrogens with zero attached hydrogens (tertiary/aromatic N) is 3. The minimum Gasteiger partial charge on any atom is -0.440 e. The number of rotatable bonds is 5. The fraction of sp³-hybridized carbons (Fsp3) is 0.0227. The van der Waals surface area contributed by atoms with Crippen molar-refractivity contribution in [1.29, 1.82) is 0 Å². The second-order valence-electron chi connectivity index (χ2n) is 12.6. The Labute approximate surface area is 286 Å². The fourth-order valence-electron chi connectivity index (χ4n) is 7.56. The van der Waals surface area contributed by atoms with Crippen LogP contribution in [0.2, 0.25) is 0 Å². The monoisotopic (exact) mass is 646 g/mol. The Hall–Kier alpha value is -6.79. The lowest BCUT2D eigenvalue weighted by atomic mass is 10.1. The summed E-state index contributed by atoms with van der Waals surface area (Å²) < 4.78 is 14.5. The summed E-state index contributed by atoms with van der Waals surface area (Å²) in [7, 11) is 0. The Balaban J connectivity index is 1.24. The maximum Gasteiger partial charge on any atom is 0.227 e. The van der Waals surface area contributed by atoms with Gasteiger partial charge in [0.25, 0.3) is 0 Å². The lowest BCUT2D eigenvalue weighted by Crippen LogP contribution is -2.10. The van der Waals surface area contributed by atoms with Gasteiger partial charge in [0, 0.05) is 66.8 Å². The number of benzene rings is 6. The number of nitrogen functional groups attached to an aromatic ring is 1. The molecule has 0 bridgehead atoms. The summed E-state index contributed by atoms with van der Waals surface area (Å²) in [4.78, 5) is 6.76. The normalized spacial score (nSPS) is 12.1. The molecule has 0 fully saturated rings. The molecule has 0 amide bonds. The zero-order valence-electron chi connectivity index (χ0n) is 27.2. The Morgan fingerprint density at radius 2 is 1.36 bits per heavy atom. The van der Waals surface area contributed by atoms with Crippen LogP contribution in [0.5, 0.6) is 0 Å². The highest BCUT2D eigenvalue weighted by molar-refractivity contribution is 6.18. The van der Waals surface area contributed by atoms with E-state index in [1.54, 1.807) is 6.20 Å². The zero-order valence-corrected chi connectivity index (χ0v) is 27.2. The van der Waals surface area contributed by atoms with Crippen LogP contribution in [-0.2, 0) is 0 Å². The third-order valence-corrected chi connectivity index (χ3v) is 9.72. The number of hydrogen-bond donors (Lipinski definition) is 1. The van der Waals surface area contributed by atoms with Crippen molar-refractivity contribution in [2.75, 3.05) is 10.6 Å². The van der Waals surface area contributed by atoms with Crippen LogP contribution in [-0.4, -0.2) is 9.55 Å². The molecule has 2 N–H and O–H groups in total. The SMILES string of the molecule is C/C=C\c1c(N)oc2ccc(N(c3cccc(-n4c5ccccc5c5ccc6ccccc6c54)c3)c3ccc4oc5ncccc5c4c3)cc12. The van der Waals surface area contributed by atoms with Gasteiger partial charge in [0.15, 0.2) is 5.88 Å². The van der Waals surface area contributed by atoms with Crippen LogP contribution in [0, 0.1) is 0 Å². The van der Waals surface area contributed by atoms with E-state index in [0.29, 0.717) is 11.6 Å². The smallest absolute Gasteiger partial charge is 0.227 e. The Bertz CT molecular complexity index is 2980. The molecular weight excluding hydrogens is 617 g/mol. The molecule has 6 nitrogen and oxygen atoms in total. The van der Waals surface area contributed by atoms with Gasteiger partial charge in [0.1, 0.15) is 11.2 Å². The van der Waals surface area contributed by atoms with Gasteiger partial charge in [-0.3, -0.25) is 0 Å². The topological polar surface area (TPSA) is 73.4 Å². The maximum atomic E-state index is 6.34. The van der Waals surface area contributed by atoms with Crippen LogP contribution in [0.4, 0.5) is 22.9 Å². The van der Waals surface area contributed by atoms with E-state index in [1.807, 2.05) is 37.3 Å². The molecule has 0 saturated heterocycles. The van der Waals surface area contributed by atoms with Crippen molar-refractivity contribution in [2.24, 2.45) is 0 Å². The van der Waals surface area contributed by atoms with Crippen LogP contribution in [0.3, 0.4) is 0 Å². The van der Waals surface area contributed by atoms with Crippen LogP contribution in [0.25, 0.3) is 77.4 Å². The molecule has 4 aromatic heterocycles. The van der Waals surface area contributed by atoms with Gasteiger partial charge in [0.05, 0.1) is 11.0 Å². The molecule has 0 spiro atoms. The van der Waals surface area contributed by atoms with Crippen molar-refractivity contribution >= 4 is 94.6 Å². The summed E-state index contributed by atoms with van der Waals surface area (Å²) in [6, 6.07) is 47.1. The predicted octanol–water partition coefficient (Wildman–Crippen LogP) is 12.1. The molecule has 0 aliphatic carbocycles. The van der Waals surface area contributed by atoms with Gasteiger partial charge in [-0.1, -0.05) is 72.8 Å². The van der Waals surface area contributed by atoms with E-state index in [9.17, 15) is 0 Å². The van der Waals surface area contributed by atoms with Crippen molar-refractivity contribution in [3.63, 3.8) is 0 Å². The first-order valence-electron chi connectivity index (χ1n) is 16.7. The van der Waals surface area contributed by atoms with Crippen molar-refractivity contribution in [3.05, 3.63) is 151 Å². The first-order chi connectivity index (χ1) is 24.7. The molecule has 0 unspecified atom stereocenters.